The average molecular weight is 457 g/mol. The Bertz CT molecular complexity index is 1430. The number of benzene rings is 2. The maximum absolute atomic E-state index is 13.4. The third-order valence-corrected chi connectivity index (χ3v) is 5.58. The monoisotopic (exact) mass is 457 g/mol. The van der Waals surface area contributed by atoms with E-state index in [4.69, 9.17) is 20.2 Å². The Morgan fingerprint density at radius 1 is 1.03 bits per heavy atom. The number of fused-ring (bicyclic) bond motifs is 2. The van der Waals surface area contributed by atoms with E-state index in [9.17, 15) is 9.59 Å². The maximum Gasteiger partial charge on any atom is 0.256 e. The highest BCUT2D eigenvalue weighted by Crippen LogP contribution is 2.35. The standard InChI is InChI=1S/C25H23N5O4/c1-14(2)30-24-18(13-27-30)17(25(32)29-19-6-4-3-5-16(19)23(26)31)12-20(28-24)15-7-8-21-22(11-15)34-10-9-33-21/h3-8,11-14H,9-10H2,1-2H3,(H2,26,31)(H,29,32). The molecular weight excluding hydrogens is 434 g/mol. The van der Waals surface area contributed by atoms with E-state index in [1.165, 1.54) is 0 Å². The van der Waals surface area contributed by atoms with E-state index in [1.54, 1.807) is 41.2 Å². The molecule has 0 bridgehead atoms. The molecule has 0 saturated carbocycles. The Morgan fingerprint density at radius 3 is 2.56 bits per heavy atom. The molecule has 0 radical (unpaired) electrons. The van der Waals surface area contributed by atoms with Crippen molar-refractivity contribution in [2.75, 3.05) is 18.5 Å². The summed E-state index contributed by atoms with van der Waals surface area (Å²) in [5, 5.41) is 7.87. The van der Waals surface area contributed by atoms with Gasteiger partial charge >= 0.3 is 0 Å². The molecule has 3 N–H and O–H groups in total. The molecule has 0 atom stereocenters. The molecule has 5 rings (SSSR count). The lowest BCUT2D eigenvalue weighted by Crippen LogP contribution is -2.18. The number of nitrogens with one attached hydrogen (secondary N) is 1. The Kier molecular flexibility index (Phi) is 5.37. The van der Waals surface area contributed by atoms with Crippen LogP contribution in [0.15, 0.2) is 54.7 Å². The van der Waals surface area contributed by atoms with Crippen molar-refractivity contribution < 1.29 is 19.1 Å². The van der Waals surface area contributed by atoms with Crippen molar-refractivity contribution in [3.63, 3.8) is 0 Å². The van der Waals surface area contributed by atoms with Gasteiger partial charge in [0.25, 0.3) is 11.8 Å². The van der Waals surface area contributed by atoms with Crippen LogP contribution in [-0.4, -0.2) is 39.8 Å². The van der Waals surface area contributed by atoms with E-state index in [2.05, 4.69) is 10.4 Å². The third kappa shape index (κ3) is 3.81. The van der Waals surface area contributed by atoms with Crippen LogP contribution in [0.3, 0.4) is 0 Å². The first-order chi connectivity index (χ1) is 16.4. The molecular formula is C25H23N5O4. The van der Waals surface area contributed by atoms with E-state index in [0.29, 0.717) is 52.7 Å². The molecule has 3 heterocycles. The number of nitrogens with two attached hydrogens (primary N) is 1. The zero-order valence-electron chi connectivity index (χ0n) is 18.7. The molecule has 1 aliphatic heterocycles. The number of ether oxygens (including phenoxy) is 2. The highest BCUT2D eigenvalue weighted by atomic mass is 16.6. The predicted molar refractivity (Wildman–Crippen MR) is 127 cm³/mol. The van der Waals surface area contributed by atoms with Crippen molar-refractivity contribution in [2.45, 2.75) is 19.9 Å². The molecule has 0 saturated heterocycles. The number of nitrogens with zero attached hydrogens (tertiary/aromatic N) is 3. The molecule has 2 aromatic carbocycles. The van der Waals surface area contributed by atoms with Crippen LogP contribution in [0.2, 0.25) is 0 Å². The second kappa shape index (κ2) is 8.51. The zero-order valence-corrected chi connectivity index (χ0v) is 18.7. The second-order valence-corrected chi connectivity index (χ2v) is 8.20. The summed E-state index contributed by atoms with van der Waals surface area (Å²) in [4.78, 5) is 30.1. The van der Waals surface area contributed by atoms with Gasteiger partial charge in [-0.25, -0.2) is 9.67 Å². The number of para-hydroxylation sites is 1. The van der Waals surface area contributed by atoms with Gasteiger partial charge in [0.05, 0.1) is 34.1 Å². The number of aromatic nitrogens is 3. The Balaban J connectivity index is 1.63. The Morgan fingerprint density at radius 2 is 1.79 bits per heavy atom. The lowest BCUT2D eigenvalue weighted by Gasteiger charge is -2.19. The summed E-state index contributed by atoms with van der Waals surface area (Å²) in [7, 11) is 0. The first kappa shape index (κ1) is 21.4. The number of anilines is 1. The zero-order chi connectivity index (χ0) is 23.8. The van der Waals surface area contributed by atoms with Crippen LogP contribution in [0.25, 0.3) is 22.3 Å². The van der Waals surface area contributed by atoms with E-state index in [1.807, 2.05) is 32.0 Å². The summed E-state index contributed by atoms with van der Waals surface area (Å²) in [5.41, 5.74) is 8.35. The number of carbonyl (C=O) groups excluding carboxylic acids is 2. The molecule has 0 fully saturated rings. The summed E-state index contributed by atoms with van der Waals surface area (Å²) < 4.78 is 13.1. The summed E-state index contributed by atoms with van der Waals surface area (Å²) in [6.45, 7) is 4.96. The van der Waals surface area contributed by atoms with Gasteiger partial charge < -0.3 is 20.5 Å². The van der Waals surface area contributed by atoms with Crippen LogP contribution >= 0.6 is 0 Å². The van der Waals surface area contributed by atoms with Crippen LogP contribution in [0.5, 0.6) is 11.5 Å². The third-order valence-electron chi connectivity index (χ3n) is 5.58. The lowest BCUT2D eigenvalue weighted by molar-refractivity contribution is 0.100. The number of pyridine rings is 1. The molecule has 172 valence electrons. The Labute approximate surface area is 195 Å². The fourth-order valence-electron chi connectivity index (χ4n) is 3.93. The van der Waals surface area contributed by atoms with Crippen molar-refractivity contribution >= 4 is 28.5 Å². The first-order valence-electron chi connectivity index (χ1n) is 10.9. The normalized spacial score (nSPS) is 12.7. The van der Waals surface area contributed by atoms with Crippen LogP contribution in [0, 0.1) is 0 Å². The van der Waals surface area contributed by atoms with Gasteiger partial charge in [-0.15, -0.1) is 0 Å². The first-order valence-corrected chi connectivity index (χ1v) is 10.9. The smallest absolute Gasteiger partial charge is 0.256 e. The van der Waals surface area contributed by atoms with E-state index in [-0.39, 0.29) is 11.6 Å². The minimum absolute atomic E-state index is 0.0343. The quantitative estimate of drug-likeness (QED) is 0.470. The fourth-order valence-corrected chi connectivity index (χ4v) is 3.93. The molecule has 9 heteroatoms. The molecule has 34 heavy (non-hydrogen) atoms. The number of primary amides is 1. The van der Waals surface area contributed by atoms with Gasteiger partial charge in [-0.05, 0) is 50.2 Å². The highest BCUT2D eigenvalue weighted by Gasteiger charge is 2.21. The number of amides is 2. The van der Waals surface area contributed by atoms with E-state index >= 15 is 0 Å². The van der Waals surface area contributed by atoms with Gasteiger partial charge in [0.2, 0.25) is 0 Å². The van der Waals surface area contributed by atoms with Crippen molar-refractivity contribution in [3.05, 3.63) is 65.9 Å². The van der Waals surface area contributed by atoms with Gasteiger partial charge in [-0.2, -0.15) is 5.10 Å². The van der Waals surface area contributed by atoms with Gasteiger partial charge in [-0.3, -0.25) is 9.59 Å². The highest BCUT2D eigenvalue weighted by molar-refractivity contribution is 6.14. The SMILES string of the molecule is CC(C)n1ncc2c(C(=O)Nc3ccccc3C(N)=O)cc(-c3ccc4c(c3)OCCO4)nc21. The van der Waals surface area contributed by atoms with E-state index in [0.717, 1.165) is 5.56 Å². The van der Waals surface area contributed by atoms with Crippen LogP contribution < -0.4 is 20.5 Å². The number of rotatable bonds is 5. The summed E-state index contributed by atoms with van der Waals surface area (Å²) in [6.07, 6.45) is 1.63. The molecule has 1 aliphatic rings. The average Bonchev–Trinajstić information content (AvgIpc) is 3.27. The lowest BCUT2D eigenvalue weighted by atomic mass is 10.0. The minimum Gasteiger partial charge on any atom is -0.486 e. The summed E-state index contributed by atoms with van der Waals surface area (Å²) in [6, 6.07) is 13.9. The fraction of sp³-hybridized carbons (Fsp3) is 0.200. The predicted octanol–water partition coefficient (Wildman–Crippen LogP) is 3.80. The van der Waals surface area contributed by atoms with Crippen LogP contribution in [0.4, 0.5) is 5.69 Å². The van der Waals surface area contributed by atoms with Gasteiger partial charge in [0.15, 0.2) is 17.1 Å². The largest absolute Gasteiger partial charge is 0.486 e. The maximum atomic E-state index is 13.4. The number of carbonyl (C=O) groups is 2. The Hall–Kier alpha value is -4.40. The van der Waals surface area contributed by atoms with Gasteiger partial charge in [0, 0.05) is 11.6 Å². The van der Waals surface area contributed by atoms with Crippen LogP contribution in [-0.2, 0) is 0 Å². The molecule has 0 aliphatic carbocycles. The van der Waals surface area contributed by atoms with Crippen molar-refractivity contribution in [1.29, 1.82) is 0 Å². The van der Waals surface area contributed by atoms with E-state index < -0.39 is 11.8 Å². The summed E-state index contributed by atoms with van der Waals surface area (Å²) >= 11 is 0. The topological polar surface area (TPSA) is 121 Å². The van der Waals surface area contributed by atoms with Crippen molar-refractivity contribution in [2.24, 2.45) is 5.73 Å². The summed E-state index contributed by atoms with van der Waals surface area (Å²) in [5.74, 6) is 0.275. The van der Waals surface area contributed by atoms with Gasteiger partial charge in [-0.1, -0.05) is 12.1 Å². The van der Waals surface area contributed by atoms with Gasteiger partial charge in [0.1, 0.15) is 13.2 Å². The van der Waals surface area contributed by atoms with Crippen molar-refractivity contribution in [1.82, 2.24) is 14.8 Å². The molecule has 0 unspecified atom stereocenters. The molecule has 4 aromatic rings. The second-order valence-electron chi connectivity index (χ2n) is 8.20. The van der Waals surface area contributed by atoms with Crippen LogP contribution in [0.1, 0.15) is 40.6 Å². The minimum atomic E-state index is -0.625. The number of hydrogen-bond acceptors (Lipinski definition) is 6. The number of hydrogen-bond donors (Lipinski definition) is 2. The molecule has 0 spiro atoms. The van der Waals surface area contributed by atoms with Crippen molar-refractivity contribution in [3.8, 4) is 22.8 Å². The molecule has 2 aromatic heterocycles. The molecule has 9 nitrogen and oxygen atoms in total. The molecule has 2 amide bonds.